The zero-order valence-corrected chi connectivity index (χ0v) is 13.5. The van der Waals surface area contributed by atoms with Crippen LogP contribution in [0.25, 0.3) is 0 Å². The van der Waals surface area contributed by atoms with Crippen LogP contribution in [0.5, 0.6) is 0 Å². The van der Waals surface area contributed by atoms with Gasteiger partial charge < -0.3 is 10.2 Å². The molecule has 100 valence electrons. The first-order valence-electron chi connectivity index (χ1n) is 6.52. The van der Waals surface area contributed by atoms with E-state index in [4.69, 9.17) is 0 Å². The van der Waals surface area contributed by atoms with E-state index < -0.39 is 0 Å². The van der Waals surface area contributed by atoms with E-state index in [9.17, 15) is 0 Å². The van der Waals surface area contributed by atoms with Crippen LogP contribution in [0.2, 0.25) is 0 Å². The number of halogens is 1. The minimum atomic E-state index is 0.691. The van der Waals surface area contributed by atoms with Crippen molar-refractivity contribution in [2.45, 2.75) is 25.9 Å². The highest BCUT2D eigenvalue weighted by Crippen LogP contribution is 2.30. The summed E-state index contributed by atoms with van der Waals surface area (Å²) >= 11 is 5.64. The van der Waals surface area contributed by atoms with E-state index >= 15 is 0 Å². The van der Waals surface area contributed by atoms with Gasteiger partial charge >= 0.3 is 0 Å². The summed E-state index contributed by atoms with van der Waals surface area (Å²) in [5.41, 5.74) is 2.75. The first kappa shape index (κ1) is 14.2. The third-order valence-electron chi connectivity index (χ3n) is 3.44. The second-order valence-electron chi connectivity index (χ2n) is 4.68. The predicted octanol–water partition coefficient (Wildman–Crippen LogP) is 3.50. The van der Waals surface area contributed by atoms with Crippen molar-refractivity contribution in [3.63, 3.8) is 0 Å². The second-order valence-corrected chi connectivity index (χ2v) is 6.75. The van der Waals surface area contributed by atoms with Gasteiger partial charge in [0.1, 0.15) is 0 Å². The standard InChI is InChI=1S/C14H21BrN2S/c1-3-16-9-11-8-12(15)4-5-14(11)17(2)13-6-7-18-10-13/h4-5,8,13,16H,3,6-7,9-10H2,1-2H3. The molecule has 0 aromatic heterocycles. The molecular weight excluding hydrogens is 308 g/mol. The van der Waals surface area contributed by atoms with E-state index in [0.717, 1.165) is 17.6 Å². The minimum absolute atomic E-state index is 0.691. The average molecular weight is 329 g/mol. The van der Waals surface area contributed by atoms with Crippen LogP contribution in [-0.2, 0) is 6.54 Å². The van der Waals surface area contributed by atoms with E-state index in [1.54, 1.807) is 0 Å². The second kappa shape index (κ2) is 6.83. The molecule has 1 unspecified atom stereocenters. The van der Waals surface area contributed by atoms with Crippen LogP contribution in [0.3, 0.4) is 0 Å². The molecule has 1 aromatic carbocycles. The molecule has 18 heavy (non-hydrogen) atoms. The summed E-state index contributed by atoms with van der Waals surface area (Å²) in [7, 11) is 2.23. The van der Waals surface area contributed by atoms with Gasteiger partial charge in [-0.15, -0.1) is 0 Å². The Kier molecular flexibility index (Phi) is 5.39. The molecule has 0 saturated carbocycles. The Hall–Kier alpha value is -0.190. The lowest BCUT2D eigenvalue weighted by Gasteiger charge is -2.28. The van der Waals surface area contributed by atoms with Crippen molar-refractivity contribution in [3.8, 4) is 0 Å². The van der Waals surface area contributed by atoms with Crippen LogP contribution >= 0.6 is 27.7 Å². The number of nitrogens with one attached hydrogen (secondary N) is 1. The third-order valence-corrected chi connectivity index (χ3v) is 5.08. The zero-order chi connectivity index (χ0) is 13.0. The number of rotatable bonds is 5. The largest absolute Gasteiger partial charge is 0.370 e. The maximum atomic E-state index is 3.57. The van der Waals surface area contributed by atoms with Crippen LogP contribution in [0, 0.1) is 0 Å². The van der Waals surface area contributed by atoms with Crippen molar-refractivity contribution < 1.29 is 0 Å². The summed E-state index contributed by atoms with van der Waals surface area (Å²) in [5, 5.41) is 3.42. The molecule has 0 spiro atoms. The fourth-order valence-corrected chi connectivity index (χ4v) is 4.00. The number of thioether (sulfide) groups is 1. The fourth-order valence-electron chi connectivity index (χ4n) is 2.32. The quantitative estimate of drug-likeness (QED) is 0.890. The van der Waals surface area contributed by atoms with Crippen molar-refractivity contribution >= 4 is 33.4 Å². The summed E-state index contributed by atoms with van der Waals surface area (Å²) in [6, 6.07) is 7.30. The maximum Gasteiger partial charge on any atom is 0.0412 e. The molecule has 2 rings (SSSR count). The summed E-state index contributed by atoms with van der Waals surface area (Å²) in [5.74, 6) is 2.56. The highest BCUT2D eigenvalue weighted by molar-refractivity contribution is 9.10. The average Bonchev–Trinajstić information content (AvgIpc) is 2.89. The van der Waals surface area contributed by atoms with Crippen molar-refractivity contribution in [1.29, 1.82) is 0 Å². The van der Waals surface area contributed by atoms with E-state index in [1.165, 1.54) is 29.2 Å². The predicted molar refractivity (Wildman–Crippen MR) is 85.7 cm³/mol. The molecule has 0 bridgehead atoms. The zero-order valence-electron chi connectivity index (χ0n) is 11.1. The van der Waals surface area contributed by atoms with Gasteiger partial charge in [0.2, 0.25) is 0 Å². The monoisotopic (exact) mass is 328 g/mol. The van der Waals surface area contributed by atoms with Crippen molar-refractivity contribution in [2.75, 3.05) is 30.0 Å². The summed E-state index contributed by atoms with van der Waals surface area (Å²) < 4.78 is 1.16. The van der Waals surface area contributed by atoms with E-state index in [2.05, 4.69) is 70.1 Å². The first-order valence-corrected chi connectivity index (χ1v) is 8.47. The number of nitrogens with zero attached hydrogens (tertiary/aromatic N) is 1. The van der Waals surface area contributed by atoms with Crippen LogP contribution in [0.1, 0.15) is 18.9 Å². The molecule has 1 aliphatic rings. The molecule has 0 aliphatic carbocycles. The van der Waals surface area contributed by atoms with Crippen molar-refractivity contribution in [2.24, 2.45) is 0 Å². The van der Waals surface area contributed by atoms with Gasteiger partial charge in [-0.25, -0.2) is 0 Å². The Morgan fingerprint density at radius 1 is 1.50 bits per heavy atom. The first-order chi connectivity index (χ1) is 8.72. The van der Waals surface area contributed by atoms with Crippen LogP contribution in [0.15, 0.2) is 22.7 Å². The topological polar surface area (TPSA) is 15.3 Å². The Morgan fingerprint density at radius 2 is 2.33 bits per heavy atom. The molecule has 1 saturated heterocycles. The van der Waals surface area contributed by atoms with E-state index in [0.29, 0.717) is 6.04 Å². The van der Waals surface area contributed by atoms with Crippen molar-refractivity contribution in [3.05, 3.63) is 28.2 Å². The normalized spacial score (nSPS) is 19.2. The van der Waals surface area contributed by atoms with Gasteiger partial charge in [0.15, 0.2) is 0 Å². The highest BCUT2D eigenvalue weighted by Gasteiger charge is 2.21. The van der Waals surface area contributed by atoms with Gasteiger partial charge in [-0.3, -0.25) is 0 Å². The van der Waals surface area contributed by atoms with Gasteiger partial charge in [-0.1, -0.05) is 22.9 Å². The number of anilines is 1. The van der Waals surface area contributed by atoms with Gasteiger partial charge in [-0.2, -0.15) is 11.8 Å². The SMILES string of the molecule is CCNCc1cc(Br)ccc1N(C)C1CCSC1. The lowest BCUT2D eigenvalue weighted by atomic mass is 10.1. The van der Waals surface area contributed by atoms with Gasteiger partial charge in [0.25, 0.3) is 0 Å². The summed E-state index contributed by atoms with van der Waals surface area (Å²) in [6.07, 6.45) is 1.30. The molecule has 1 aliphatic heterocycles. The molecule has 1 fully saturated rings. The molecule has 1 N–H and O–H groups in total. The fraction of sp³-hybridized carbons (Fsp3) is 0.571. The van der Waals surface area contributed by atoms with Gasteiger partial charge in [-0.05, 0) is 42.5 Å². The van der Waals surface area contributed by atoms with E-state index in [1.807, 2.05) is 0 Å². The van der Waals surface area contributed by atoms with Crippen LogP contribution in [-0.4, -0.2) is 31.1 Å². The lowest BCUT2D eigenvalue weighted by Crippen LogP contribution is -2.32. The van der Waals surface area contributed by atoms with E-state index in [-0.39, 0.29) is 0 Å². The number of benzene rings is 1. The minimum Gasteiger partial charge on any atom is -0.370 e. The summed E-state index contributed by atoms with van der Waals surface area (Å²) in [4.78, 5) is 2.46. The molecule has 2 nitrogen and oxygen atoms in total. The third kappa shape index (κ3) is 3.43. The van der Waals surface area contributed by atoms with Crippen LogP contribution < -0.4 is 10.2 Å². The molecule has 1 atom stereocenters. The Balaban J connectivity index is 2.18. The maximum absolute atomic E-state index is 3.57. The molecule has 1 aromatic rings. The molecule has 0 radical (unpaired) electrons. The molecule has 0 amide bonds. The smallest absolute Gasteiger partial charge is 0.0412 e. The lowest BCUT2D eigenvalue weighted by molar-refractivity contribution is 0.683. The number of hydrogen-bond donors (Lipinski definition) is 1. The van der Waals surface area contributed by atoms with Crippen LogP contribution in [0.4, 0.5) is 5.69 Å². The molecular formula is C14H21BrN2S. The Bertz CT molecular complexity index is 391. The van der Waals surface area contributed by atoms with Gasteiger partial charge in [0.05, 0.1) is 0 Å². The molecule has 1 heterocycles. The van der Waals surface area contributed by atoms with Crippen molar-refractivity contribution in [1.82, 2.24) is 5.32 Å². The summed E-state index contributed by atoms with van der Waals surface area (Å²) in [6.45, 7) is 4.10. The highest BCUT2D eigenvalue weighted by atomic mass is 79.9. The Morgan fingerprint density at radius 3 is 3.00 bits per heavy atom. The van der Waals surface area contributed by atoms with Gasteiger partial charge in [0, 0.05) is 35.5 Å². The Labute approximate surface area is 123 Å². The number of hydrogen-bond acceptors (Lipinski definition) is 3. The molecule has 4 heteroatoms.